The van der Waals surface area contributed by atoms with E-state index in [1.54, 1.807) is 19.1 Å². The van der Waals surface area contributed by atoms with Crippen molar-refractivity contribution >= 4 is 16.9 Å². The van der Waals surface area contributed by atoms with Crippen molar-refractivity contribution in [2.45, 2.75) is 37.4 Å². The average Bonchev–Trinajstić information content (AvgIpc) is 3.01. The average molecular weight is 338 g/mol. The molecule has 1 aliphatic rings. The third-order valence-electron chi connectivity index (χ3n) is 4.27. The number of aliphatic hydroxyl groups excluding tert-OH is 3. The highest BCUT2D eigenvalue weighted by Crippen LogP contribution is 2.39. The third-order valence-corrected chi connectivity index (χ3v) is 4.27. The van der Waals surface area contributed by atoms with E-state index in [1.165, 1.54) is 13.2 Å². The zero-order valence-corrected chi connectivity index (χ0v) is 13.0. The molecule has 2 heterocycles. The van der Waals surface area contributed by atoms with Crippen LogP contribution in [0.2, 0.25) is 0 Å². The molecule has 0 spiro atoms. The fraction of sp³-hybridized carbons (Fsp3) is 0.438. The van der Waals surface area contributed by atoms with E-state index in [1.807, 2.05) is 0 Å². The summed E-state index contributed by atoms with van der Waals surface area (Å²) in [6.07, 6.45) is -5.65. The Morgan fingerprint density at radius 1 is 1.17 bits per heavy atom. The van der Waals surface area contributed by atoms with Crippen molar-refractivity contribution in [3.8, 4) is 5.75 Å². The second kappa shape index (κ2) is 6.06. The van der Waals surface area contributed by atoms with E-state index in [9.17, 15) is 20.1 Å². The molecule has 1 aliphatic heterocycles. The lowest BCUT2D eigenvalue weighted by Gasteiger charge is -2.39. The molecule has 4 N–H and O–H groups in total. The lowest BCUT2D eigenvalue weighted by molar-refractivity contribution is -0.219. The van der Waals surface area contributed by atoms with Gasteiger partial charge in [-0.25, -0.2) is 4.79 Å². The van der Waals surface area contributed by atoms with Gasteiger partial charge in [-0.1, -0.05) is 6.07 Å². The van der Waals surface area contributed by atoms with Crippen LogP contribution in [0.4, 0.5) is 0 Å². The van der Waals surface area contributed by atoms with Gasteiger partial charge >= 0.3 is 5.97 Å². The van der Waals surface area contributed by atoms with Crippen molar-refractivity contribution in [2.75, 3.05) is 7.11 Å². The molecule has 130 valence electrons. The van der Waals surface area contributed by atoms with Crippen LogP contribution in [0.15, 0.2) is 22.6 Å². The van der Waals surface area contributed by atoms with Gasteiger partial charge in [-0.2, -0.15) is 0 Å². The van der Waals surface area contributed by atoms with Crippen molar-refractivity contribution in [1.29, 1.82) is 0 Å². The van der Waals surface area contributed by atoms with Gasteiger partial charge in [-0.3, -0.25) is 0 Å². The summed E-state index contributed by atoms with van der Waals surface area (Å²) in [7, 11) is 1.42. The number of hydrogen-bond acceptors (Lipinski definition) is 7. The van der Waals surface area contributed by atoms with E-state index in [-0.39, 0.29) is 11.3 Å². The van der Waals surface area contributed by atoms with Crippen molar-refractivity contribution in [3.63, 3.8) is 0 Å². The maximum atomic E-state index is 11.2. The first-order chi connectivity index (χ1) is 11.3. The Labute approximate surface area is 136 Å². The highest BCUT2D eigenvalue weighted by molar-refractivity contribution is 5.95. The summed E-state index contributed by atoms with van der Waals surface area (Å²) >= 11 is 0. The summed E-state index contributed by atoms with van der Waals surface area (Å²) in [5.74, 6) is -1.19. The molecule has 1 saturated heterocycles. The van der Waals surface area contributed by atoms with Gasteiger partial charge in [0.2, 0.25) is 5.76 Å². The fourth-order valence-corrected chi connectivity index (χ4v) is 2.94. The maximum absolute atomic E-state index is 11.2. The number of aliphatic hydroxyl groups is 3. The molecule has 24 heavy (non-hydrogen) atoms. The van der Waals surface area contributed by atoms with Gasteiger partial charge in [-0.05, 0) is 24.6 Å². The van der Waals surface area contributed by atoms with E-state index in [2.05, 4.69) is 0 Å². The monoisotopic (exact) mass is 338 g/mol. The largest absolute Gasteiger partial charge is 0.493 e. The van der Waals surface area contributed by atoms with Gasteiger partial charge in [-0.15, -0.1) is 0 Å². The van der Waals surface area contributed by atoms with Crippen LogP contribution in [0.3, 0.4) is 0 Å². The smallest absolute Gasteiger partial charge is 0.371 e. The number of ether oxygens (including phenoxy) is 2. The molecule has 0 radical (unpaired) electrons. The predicted octanol–water partition coefficient (Wildman–Crippen LogP) is 0.682. The first kappa shape index (κ1) is 16.7. The number of hydrogen-bond donors (Lipinski definition) is 4. The highest BCUT2D eigenvalue weighted by Gasteiger charge is 2.43. The van der Waals surface area contributed by atoms with E-state index < -0.39 is 36.5 Å². The molecule has 2 aromatic rings. The van der Waals surface area contributed by atoms with Crippen LogP contribution in [0.25, 0.3) is 11.0 Å². The summed E-state index contributed by atoms with van der Waals surface area (Å²) in [5, 5.41) is 39.6. The first-order valence-electron chi connectivity index (χ1n) is 7.38. The number of carbonyl (C=O) groups is 1. The fourth-order valence-electron chi connectivity index (χ4n) is 2.94. The second-order valence-electron chi connectivity index (χ2n) is 5.75. The number of methoxy groups -OCH3 is 1. The van der Waals surface area contributed by atoms with Crippen molar-refractivity contribution < 1.29 is 39.1 Å². The van der Waals surface area contributed by atoms with E-state index in [4.69, 9.17) is 19.0 Å². The third kappa shape index (κ3) is 2.53. The Morgan fingerprint density at radius 2 is 1.88 bits per heavy atom. The molecule has 0 unspecified atom stereocenters. The minimum Gasteiger partial charge on any atom is -0.493 e. The summed E-state index contributed by atoms with van der Waals surface area (Å²) in [6, 6.07) is 4.48. The zero-order valence-electron chi connectivity index (χ0n) is 13.0. The van der Waals surface area contributed by atoms with Crippen LogP contribution < -0.4 is 4.74 Å². The molecular formula is C16H18O8. The van der Waals surface area contributed by atoms with E-state index in [0.29, 0.717) is 16.7 Å². The van der Waals surface area contributed by atoms with Gasteiger partial charge in [0.05, 0.1) is 13.2 Å². The number of fused-ring (bicyclic) bond motifs is 1. The molecule has 8 heteroatoms. The Hall–Kier alpha value is -2.13. The van der Waals surface area contributed by atoms with Crippen LogP contribution in [-0.4, -0.2) is 57.9 Å². The molecule has 1 fully saturated rings. The predicted molar refractivity (Wildman–Crippen MR) is 81.0 cm³/mol. The van der Waals surface area contributed by atoms with Crippen molar-refractivity contribution in [3.05, 3.63) is 29.5 Å². The quantitative estimate of drug-likeness (QED) is 0.643. The van der Waals surface area contributed by atoms with Crippen molar-refractivity contribution in [2.24, 2.45) is 0 Å². The first-order valence-corrected chi connectivity index (χ1v) is 7.38. The highest BCUT2D eigenvalue weighted by atomic mass is 16.5. The van der Waals surface area contributed by atoms with Gasteiger partial charge in [0.15, 0.2) is 11.3 Å². The van der Waals surface area contributed by atoms with Gasteiger partial charge < -0.3 is 34.3 Å². The van der Waals surface area contributed by atoms with Crippen LogP contribution in [0.1, 0.15) is 29.1 Å². The minimum atomic E-state index is -1.39. The van der Waals surface area contributed by atoms with Crippen molar-refractivity contribution in [1.82, 2.24) is 0 Å². The van der Waals surface area contributed by atoms with Crippen LogP contribution in [0.5, 0.6) is 5.75 Å². The van der Waals surface area contributed by atoms with Crippen LogP contribution >= 0.6 is 0 Å². The molecule has 3 rings (SSSR count). The van der Waals surface area contributed by atoms with E-state index >= 15 is 0 Å². The molecule has 0 saturated carbocycles. The van der Waals surface area contributed by atoms with Gasteiger partial charge in [0.1, 0.15) is 24.4 Å². The molecular weight excluding hydrogens is 320 g/mol. The zero-order chi connectivity index (χ0) is 17.6. The topological polar surface area (TPSA) is 130 Å². The van der Waals surface area contributed by atoms with Crippen LogP contribution in [0, 0.1) is 0 Å². The number of rotatable bonds is 3. The summed E-state index contributed by atoms with van der Waals surface area (Å²) in [4.78, 5) is 11.2. The molecule has 5 atom stereocenters. The van der Waals surface area contributed by atoms with Gasteiger partial charge in [0, 0.05) is 5.39 Å². The lowest BCUT2D eigenvalue weighted by atomic mass is 9.90. The number of carboxylic acid groups (broad SMARTS) is 1. The summed E-state index contributed by atoms with van der Waals surface area (Å²) in [6.45, 7) is 1.57. The standard InChI is InChI=1S/C16H18O8/c1-6-11(17)12(18)13(19)15(23-6)7-3-4-9(22-2)14-8(7)5-10(24-14)16(20)21/h3-6,11-13,15,17-19H,1-2H3,(H,20,21)/t6-,11+,12+,13-,15+/m0/s1. The molecule has 0 aliphatic carbocycles. The molecule has 1 aromatic heterocycles. The lowest BCUT2D eigenvalue weighted by Crippen LogP contribution is -2.53. The number of aromatic carboxylic acids is 1. The summed E-state index contributed by atoms with van der Waals surface area (Å²) in [5.41, 5.74) is 0.642. The maximum Gasteiger partial charge on any atom is 0.371 e. The minimum absolute atomic E-state index is 0.205. The van der Waals surface area contributed by atoms with Gasteiger partial charge in [0.25, 0.3) is 0 Å². The summed E-state index contributed by atoms with van der Waals surface area (Å²) < 4.78 is 16.1. The Bertz CT molecular complexity index is 767. The molecule has 0 amide bonds. The molecule has 0 bridgehead atoms. The molecule has 1 aromatic carbocycles. The SMILES string of the molecule is COc1ccc([C@H]2O[C@@H](C)[C@@H](O)[C@@H](O)[C@@H]2O)c2cc(C(=O)O)oc12. The van der Waals surface area contributed by atoms with E-state index in [0.717, 1.165) is 0 Å². The number of furan rings is 1. The molecule has 8 nitrogen and oxygen atoms in total. The normalized spacial score (nSPS) is 30.5. The number of benzene rings is 1. The Balaban J connectivity index is 2.14. The second-order valence-corrected chi connectivity index (χ2v) is 5.75. The van der Waals surface area contributed by atoms with Crippen LogP contribution in [-0.2, 0) is 4.74 Å². The Morgan fingerprint density at radius 3 is 2.50 bits per heavy atom. The Kier molecular flexibility index (Phi) is 4.22. The number of carboxylic acids is 1.